The highest BCUT2D eigenvalue weighted by Gasteiger charge is 2.30. The van der Waals surface area contributed by atoms with Crippen LogP contribution in [0.3, 0.4) is 0 Å². The molecular weight excluding hydrogens is 475 g/mol. The van der Waals surface area contributed by atoms with Gasteiger partial charge in [-0.25, -0.2) is 0 Å². The summed E-state index contributed by atoms with van der Waals surface area (Å²) >= 11 is 0. The third kappa shape index (κ3) is 8.50. The number of piperazine rings is 1. The van der Waals surface area contributed by atoms with Crippen LogP contribution in [0, 0.1) is 0 Å². The normalized spacial score (nSPS) is 25.3. The molecular formula is C22H45IN6. The zero-order chi connectivity index (χ0) is 19.6. The monoisotopic (exact) mass is 520 g/mol. The highest BCUT2D eigenvalue weighted by Crippen LogP contribution is 2.26. The van der Waals surface area contributed by atoms with Crippen LogP contribution in [0.4, 0.5) is 0 Å². The number of likely N-dealkylation sites (tertiary alicyclic amines) is 1. The highest BCUT2D eigenvalue weighted by molar-refractivity contribution is 14.0. The summed E-state index contributed by atoms with van der Waals surface area (Å²) in [5.74, 6) is 1.03. The Morgan fingerprint density at radius 2 is 1.66 bits per heavy atom. The van der Waals surface area contributed by atoms with Crippen LogP contribution in [-0.2, 0) is 0 Å². The standard InChI is InChI=1S/C22H44N6.HI/c1-3-23-22(25-20-11-14-28(19-20)21-9-5-6-10-21)24-12-7-8-13-27-17-15-26(4-2)16-18-27;/h20-21H,3-19H2,1-2H3,(H2,23,24,25);1H. The zero-order valence-corrected chi connectivity index (χ0v) is 21.2. The van der Waals surface area contributed by atoms with E-state index in [-0.39, 0.29) is 24.0 Å². The van der Waals surface area contributed by atoms with Gasteiger partial charge in [-0.1, -0.05) is 19.8 Å². The number of likely N-dealkylation sites (N-methyl/N-ethyl adjacent to an activating group) is 1. The molecule has 0 amide bonds. The summed E-state index contributed by atoms with van der Waals surface area (Å²) in [6.07, 6.45) is 9.38. The molecule has 7 heteroatoms. The predicted octanol–water partition coefficient (Wildman–Crippen LogP) is 2.59. The average Bonchev–Trinajstić information content (AvgIpc) is 3.40. The van der Waals surface area contributed by atoms with Crippen molar-refractivity contribution >= 4 is 29.9 Å². The minimum atomic E-state index is 0. The number of rotatable bonds is 9. The largest absolute Gasteiger partial charge is 0.357 e. The van der Waals surface area contributed by atoms with Gasteiger partial charge in [0.2, 0.25) is 0 Å². The van der Waals surface area contributed by atoms with Crippen LogP contribution in [0.25, 0.3) is 0 Å². The van der Waals surface area contributed by atoms with E-state index in [9.17, 15) is 0 Å². The van der Waals surface area contributed by atoms with Crippen molar-refractivity contribution in [2.45, 2.75) is 70.9 Å². The van der Waals surface area contributed by atoms with E-state index in [0.717, 1.165) is 25.1 Å². The van der Waals surface area contributed by atoms with Gasteiger partial charge in [0.15, 0.2) is 5.96 Å². The van der Waals surface area contributed by atoms with E-state index in [1.54, 1.807) is 0 Å². The molecule has 2 heterocycles. The smallest absolute Gasteiger partial charge is 0.191 e. The molecule has 170 valence electrons. The van der Waals surface area contributed by atoms with Gasteiger partial charge in [0.1, 0.15) is 0 Å². The first kappa shape index (κ1) is 25.1. The number of hydrogen-bond acceptors (Lipinski definition) is 4. The molecule has 1 aliphatic carbocycles. The van der Waals surface area contributed by atoms with E-state index in [4.69, 9.17) is 4.99 Å². The number of halogens is 1. The van der Waals surface area contributed by atoms with Gasteiger partial charge in [-0.2, -0.15) is 0 Å². The summed E-state index contributed by atoms with van der Waals surface area (Å²) in [4.78, 5) is 12.7. The molecule has 2 saturated heterocycles. The van der Waals surface area contributed by atoms with Crippen LogP contribution in [0.5, 0.6) is 0 Å². The van der Waals surface area contributed by atoms with E-state index in [0.29, 0.717) is 6.04 Å². The molecule has 3 fully saturated rings. The Morgan fingerprint density at radius 1 is 0.931 bits per heavy atom. The molecule has 6 nitrogen and oxygen atoms in total. The number of aliphatic imine (C=N–C) groups is 1. The predicted molar refractivity (Wildman–Crippen MR) is 135 cm³/mol. The molecule has 3 rings (SSSR count). The summed E-state index contributed by atoms with van der Waals surface area (Å²) < 4.78 is 0. The molecule has 0 aromatic rings. The lowest BCUT2D eigenvalue weighted by Gasteiger charge is -2.33. The van der Waals surface area contributed by atoms with Gasteiger partial charge in [-0.15, -0.1) is 24.0 Å². The van der Waals surface area contributed by atoms with Crippen molar-refractivity contribution in [1.82, 2.24) is 25.3 Å². The lowest BCUT2D eigenvalue weighted by molar-refractivity contribution is 0.136. The Bertz CT molecular complexity index is 460. The maximum absolute atomic E-state index is 4.86. The second kappa shape index (κ2) is 14.0. The minimum absolute atomic E-state index is 0. The fourth-order valence-corrected chi connectivity index (χ4v) is 4.99. The lowest BCUT2D eigenvalue weighted by atomic mass is 10.2. The molecule has 1 unspecified atom stereocenters. The first-order chi connectivity index (χ1) is 13.8. The first-order valence-electron chi connectivity index (χ1n) is 12.0. The van der Waals surface area contributed by atoms with Crippen molar-refractivity contribution in [3.63, 3.8) is 0 Å². The van der Waals surface area contributed by atoms with Gasteiger partial charge >= 0.3 is 0 Å². The topological polar surface area (TPSA) is 46.1 Å². The van der Waals surface area contributed by atoms with Crippen LogP contribution in [-0.4, -0.2) is 98.2 Å². The molecule has 1 atom stereocenters. The zero-order valence-electron chi connectivity index (χ0n) is 18.9. The third-order valence-corrected chi connectivity index (χ3v) is 6.81. The van der Waals surface area contributed by atoms with E-state index in [2.05, 4.69) is 39.2 Å². The molecule has 0 radical (unpaired) electrons. The Hall–Kier alpha value is -0.120. The van der Waals surface area contributed by atoms with E-state index >= 15 is 0 Å². The SMILES string of the molecule is CCNC(=NCCCCN1CCN(CC)CC1)NC1CCN(C2CCCC2)C1.I. The Labute approximate surface area is 196 Å². The average molecular weight is 521 g/mol. The van der Waals surface area contributed by atoms with Crippen molar-refractivity contribution in [2.75, 3.05) is 65.4 Å². The second-order valence-electron chi connectivity index (χ2n) is 8.81. The summed E-state index contributed by atoms with van der Waals surface area (Å²) in [6, 6.07) is 1.42. The van der Waals surface area contributed by atoms with E-state index in [1.165, 1.54) is 97.3 Å². The summed E-state index contributed by atoms with van der Waals surface area (Å²) in [5, 5.41) is 7.15. The van der Waals surface area contributed by atoms with Crippen LogP contribution in [0.1, 0.15) is 58.8 Å². The maximum atomic E-state index is 4.86. The molecule has 2 N–H and O–H groups in total. The molecule has 0 bridgehead atoms. The van der Waals surface area contributed by atoms with Crippen LogP contribution >= 0.6 is 24.0 Å². The quantitative estimate of drug-likeness (QED) is 0.212. The molecule has 0 aromatic heterocycles. The van der Waals surface area contributed by atoms with Crippen molar-refractivity contribution < 1.29 is 0 Å². The molecule has 3 aliphatic rings. The molecule has 0 spiro atoms. The van der Waals surface area contributed by atoms with Crippen LogP contribution in [0.15, 0.2) is 4.99 Å². The van der Waals surface area contributed by atoms with Crippen LogP contribution in [0.2, 0.25) is 0 Å². The fourth-order valence-electron chi connectivity index (χ4n) is 4.99. The first-order valence-corrected chi connectivity index (χ1v) is 12.0. The Balaban J connectivity index is 0.00000300. The van der Waals surface area contributed by atoms with Crippen LogP contribution < -0.4 is 10.6 Å². The maximum Gasteiger partial charge on any atom is 0.191 e. The number of nitrogens with one attached hydrogen (secondary N) is 2. The summed E-state index contributed by atoms with van der Waals surface area (Å²) in [6.45, 7) is 16.1. The van der Waals surface area contributed by atoms with Crippen molar-refractivity contribution in [2.24, 2.45) is 4.99 Å². The van der Waals surface area contributed by atoms with Crippen molar-refractivity contribution in [1.29, 1.82) is 0 Å². The molecule has 1 saturated carbocycles. The number of hydrogen-bond donors (Lipinski definition) is 2. The van der Waals surface area contributed by atoms with Gasteiger partial charge in [0, 0.05) is 64.4 Å². The molecule has 2 aliphatic heterocycles. The lowest BCUT2D eigenvalue weighted by Crippen LogP contribution is -2.46. The highest BCUT2D eigenvalue weighted by atomic mass is 127. The summed E-state index contributed by atoms with van der Waals surface area (Å²) in [5.41, 5.74) is 0. The summed E-state index contributed by atoms with van der Waals surface area (Å²) in [7, 11) is 0. The molecule has 0 aromatic carbocycles. The van der Waals surface area contributed by atoms with Crippen molar-refractivity contribution in [3.8, 4) is 0 Å². The Kier molecular flexibility index (Phi) is 12.2. The number of unbranched alkanes of at least 4 members (excludes halogenated alkanes) is 1. The fraction of sp³-hybridized carbons (Fsp3) is 0.955. The second-order valence-corrected chi connectivity index (χ2v) is 8.81. The van der Waals surface area contributed by atoms with Gasteiger partial charge in [0.05, 0.1) is 0 Å². The van der Waals surface area contributed by atoms with Gasteiger partial charge in [-0.05, 0) is 52.1 Å². The minimum Gasteiger partial charge on any atom is -0.357 e. The Morgan fingerprint density at radius 3 is 2.34 bits per heavy atom. The third-order valence-electron chi connectivity index (χ3n) is 6.81. The van der Waals surface area contributed by atoms with Gasteiger partial charge in [-0.3, -0.25) is 9.89 Å². The van der Waals surface area contributed by atoms with Gasteiger partial charge < -0.3 is 20.4 Å². The van der Waals surface area contributed by atoms with Gasteiger partial charge in [0.25, 0.3) is 0 Å². The van der Waals surface area contributed by atoms with E-state index in [1.807, 2.05) is 0 Å². The number of nitrogens with zero attached hydrogens (tertiary/aromatic N) is 4. The van der Waals surface area contributed by atoms with E-state index < -0.39 is 0 Å². The molecule has 29 heavy (non-hydrogen) atoms. The van der Waals surface area contributed by atoms with Crippen molar-refractivity contribution in [3.05, 3.63) is 0 Å². The number of guanidine groups is 1.